The van der Waals surface area contributed by atoms with Gasteiger partial charge >= 0.3 is 0 Å². The summed E-state index contributed by atoms with van der Waals surface area (Å²) in [6, 6.07) is 9.87. The van der Waals surface area contributed by atoms with Gasteiger partial charge in [0, 0.05) is 17.1 Å². The minimum absolute atomic E-state index is 0.0149. The summed E-state index contributed by atoms with van der Waals surface area (Å²) >= 11 is 5.61. The Morgan fingerprint density at radius 3 is 2.16 bits per heavy atom. The van der Waals surface area contributed by atoms with Crippen molar-refractivity contribution in [2.75, 3.05) is 13.2 Å². The Labute approximate surface area is 182 Å². The second kappa shape index (κ2) is 8.43. The molecule has 3 saturated carbocycles. The topological polar surface area (TPSA) is 76.7 Å². The Kier molecular flexibility index (Phi) is 5.85. The molecule has 2 aromatic carbocycles. The average molecular weight is 451 g/mol. The lowest BCUT2D eigenvalue weighted by Crippen LogP contribution is -2.84. The molecular formula is C22H21ClF2N2O4. The molecular weight excluding hydrogens is 430 g/mol. The van der Waals surface area contributed by atoms with Crippen LogP contribution < -0.4 is 15.4 Å². The number of halogens is 3. The van der Waals surface area contributed by atoms with Crippen LogP contribution in [0.1, 0.15) is 24.8 Å². The van der Waals surface area contributed by atoms with E-state index in [1.165, 1.54) is 24.3 Å². The van der Waals surface area contributed by atoms with E-state index in [0.29, 0.717) is 19.3 Å². The molecule has 0 aliphatic heterocycles. The quantitative estimate of drug-likeness (QED) is 0.615. The third-order valence-electron chi connectivity index (χ3n) is 5.52. The summed E-state index contributed by atoms with van der Waals surface area (Å²) in [5.74, 6) is -1.25. The number of carbonyl (C=O) groups excluding carboxylic acids is 2. The van der Waals surface area contributed by atoms with Crippen LogP contribution in [0.2, 0.25) is 5.02 Å². The van der Waals surface area contributed by atoms with Crippen molar-refractivity contribution in [3.8, 4) is 5.75 Å². The second-order valence-corrected chi connectivity index (χ2v) is 8.58. The van der Waals surface area contributed by atoms with Gasteiger partial charge in [0.1, 0.15) is 24.0 Å². The molecule has 0 unspecified atom stereocenters. The van der Waals surface area contributed by atoms with E-state index in [1.54, 1.807) is 12.1 Å². The average Bonchev–Trinajstić information content (AvgIpc) is 2.68. The van der Waals surface area contributed by atoms with Crippen LogP contribution in [0.5, 0.6) is 5.75 Å². The molecule has 0 heterocycles. The summed E-state index contributed by atoms with van der Waals surface area (Å²) in [6.07, 6.45) is 1.93. The zero-order valence-corrected chi connectivity index (χ0v) is 17.3. The normalized spacial score (nSPS) is 23.3. The lowest BCUT2D eigenvalue weighted by Gasteiger charge is -2.70. The van der Waals surface area contributed by atoms with Crippen molar-refractivity contribution >= 4 is 23.4 Å². The van der Waals surface area contributed by atoms with Crippen LogP contribution in [-0.2, 0) is 20.9 Å². The van der Waals surface area contributed by atoms with Crippen LogP contribution in [-0.4, -0.2) is 36.1 Å². The molecule has 2 aromatic rings. The van der Waals surface area contributed by atoms with Crippen molar-refractivity contribution in [3.05, 3.63) is 64.7 Å². The number of benzene rings is 2. The van der Waals surface area contributed by atoms with E-state index in [-0.39, 0.29) is 59.3 Å². The summed E-state index contributed by atoms with van der Waals surface area (Å²) in [4.78, 5) is 24.3. The first kappa shape index (κ1) is 21.5. The van der Waals surface area contributed by atoms with Gasteiger partial charge in [0.05, 0.1) is 11.6 Å². The Bertz CT molecular complexity index is 980. The molecule has 3 fully saturated rings. The van der Waals surface area contributed by atoms with Crippen LogP contribution in [0.25, 0.3) is 0 Å². The standard InChI is InChI=1S/C22H21ClF2N2O4/c23-17-6-5-16(7-18(17)25)31-10-20(29)27-22-11-21(12-22,13-22)26-19(28)9-30-8-14-1-3-15(24)4-2-14/h1-7H,8-13H2,(H,26,28)(H,27,29). The Morgan fingerprint density at radius 2 is 1.55 bits per heavy atom. The highest BCUT2D eigenvalue weighted by molar-refractivity contribution is 6.30. The van der Waals surface area contributed by atoms with Gasteiger partial charge in [-0.2, -0.15) is 0 Å². The van der Waals surface area contributed by atoms with Crippen molar-refractivity contribution in [1.82, 2.24) is 10.6 Å². The fourth-order valence-electron chi connectivity index (χ4n) is 4.27. The van der Waals surface area contributed by atoms with Gasteiger partial charge < -0.3 is 20.1 Å². The summed E-state index contributed by atoms with van der Waals surface area (Å²) in [7, 11) is 0. The summed E-state index contributed by atoms with van der Waals surface area (Å²) < 4.78 is 36.9. The molecule has 6 nitrogen and oxygen atoms in total. The van der Waals surface area contributed by atoms with Gasteiger partial charge in [-0.05, 0) is 49.1 Å². The van der Waals surface area contributed by atoms with Crippen LogP contribution in [0, 0.1) is 11.6 Å². The van der Waals surface area contributed by atoms with Crippen molar-refractivity contribution in [2.45, 2.75) is 36.9 Å². The minimum atomic E-state index is -0.613. The molecule has 3 aliphatic rings. The molecule has 0 radical (unpaired) electrons. The van der Waals surface area contributed by atoms with Gasteiger partial charge in [0.25, 0.3) is 5.91 Å². The predicted octanol–water partition coefficient (Wildman–Crippen LogP) is 3.12. The lowest BCUT2D eigenvalue weighted by molar-refractivity contribution is -0.152. The Balaban J connectivity index is 1.14. The van der Waals surface area contributed by atoms with Crippen LogP contribution >= 0.6 is 11.6 Å². The van der Waals surface area contributed by atoms with Gasteiger partial charge in [-0.1, -0.05) is 23.7 Å². The minimum Gasteiger partial charge on any atom is -0.484 e. The highest BCUT2D eigenvalue weighted by atomic mass is 35.5. The second-order valence-electron chi connectivity index (χ2n) is 8.17. The molecule has 0 aromatic heterocycles. The highest BCUT2D eigenvalue weighted by Crippen LogP contribution is 2.60. The molecule has 0 atom stereocenters. The molecule has 2 N–H and O–H groups in total. The van der Waals surface area contributed by atoms with E-state index in [9.17, 15) is 18.4 Å². The number of rotatable bonds is 9. The Morgan fingerprint density at radius 1 is 0.935 bits per heavy atom. The van der Waals surface area contributed by atoms with Crippen molar-refractivity contribution in [3.63, 3.8) is 0 Å². The molecule has 164 valence electrons. The summed E-state index contributed by atoms with van der Waals surface area (Å²) in [5, 5.41) is 5.87. The van der Waals surface area contributed by atoms with Crippen molar-refractivity contribution in [2.24, 2.45) is 0 Å². The molecule has 0 spiro atoms. The van der Waals surface area contributed by atoms with E-state index < -0.39 is 5.82 Å². The number of amides is 2. The Hall–Kier alpha value is -2.71. The van der Waals surface area contributed by atoms with E-state index in [0.717, 1.165) is 11.6 Å². The van der Waals surface area contributed by atoms with Crippen LogP contribution in [0.3, 0.4) is 0 Å². The summed E-state index contributed by atoms with van der Waals surface area (Å²) in [5.41, 5.74) is 0.155. The van der Waals surface area contributed by atoms with Gasteiger partial charge in [0.2, 0.25) is 5.91 Å². The molecule has 0 saturated heterocycles. The highest BCUT2D eigenvalue weighted by Gasteiger charge is 2.69. The van der Waals surface area contributed by atoms with Crippen molar-refractivity contribution in [1.29, 1.82) is 0 Å². The van der Waals surface area contributed by atoms with Crippen molar-refractivity contribution < 1.29 is 27.8 Å². The maximum absolute atomic E-state index is 13.4. The molecule has 31 heavy (non-hydrogen) atoms. The van der Waals surface area contributed by atoms with Gasteiger partial charge in [-0.15, -0.1) is 0 Å². The zero-order valence-electron chi connectivity index (χ0n) is 16.6. The number of hydrogen-bond donors (Lipinski definition) is 2. The number of carbonyl (C=O) groups is 2. The van der Waals surface area contributed by atoms with Gasteiger partial charge in [-0.3, -0.25) is 9.59 Å². The first-order chi connectivity index (χ1) is 14.8. The van der Waals surface area contributed by atoms with E-state index >= 15 is 0 Å². The number of ether oxygens (including phenoxy) is 2. The zero-order chi connectivity index (χ0) is 22.1. The van der Waals surface area contributed by atoms with Gasteiger partial charge in [0.15, 0.2) is 6.61 Å². The molecule has 9 heteroatoms. The third kappa shape index (κ3) is 4.97. The fourth-order valence-corrected chi connectivity index (χ4v) is 4.39. The van der Waals surface area contributed by atoms with E-state index in [1.807, 2.05) is 0 Å². The molecule has 2 bridgehead atoms. The SMILES string of the molecule is O=C(COCc1ccc(F)cc1)NC12CC(NC(=O)COc3ccc(Cl)c(F)c3)(C1)C2. The monoisotopic (exact) mass is 450 g/mol. The summed E-state index contributed by atoms with van der Waals surface area (Å²) in [6.45, 7) is -0.110. The molecule has 3 aliphatic carbocycles. The largest absolute Gasteiger partial charge is 0.484 e. The van der Waals surface area contributed by atoms with Crippen LogP contribution in [0.15, 0.2) is 42.5 Å². The molecule has 5 rings (SSSR count). The predicted molar refractivity (Wildman–Crippen MR) is 109 cm³/mol. The lowest BCUT2D eigenvalue weighted by atomic mass is 9.44. The van der Waals surface area contributed by atoms with E-state index in [2.05, 4.69) is 10.6 Å². The van der Waals surface area contributed by atoms with Gasteiger partial charge in [-0.25, -0.2) is 8.78 Å². The maximum atomic E-state index is 13.4. The third-order valence-corrected chi connectivity index (χ3v) is 5.82. The number of nitrogens with one attached hydrogen (secondary N) is 2. The first-order valence-corrected chi connectivity index (χ1v) is 10.2. The van der Waals surface area contributed by atoms with Crippen LogP contribution in [0.4, 0.5) is 8.78 Å². The first-order valence-electron chi connectivity index (χ1n) is 9.79. The fraction of sp³-hybridized carbons (Fsp3) is 0.364. The smallest absolute Gasteiger partial charge is 0.258 e. The van der Waals surface area contributed by atoms with E-state index in [4.69, 9.17) is 21.1 Å². The number of hydrogen-bond acceptors (Lipinski definition) is 4. The maximum Gasteiger partial charge on any atom is 0.258 e. The molecule has 2 amide bonds.